The Balaban J connectivity index is 2.09. The van der Waals surface area contributed by atoms with Gasteiger partial charge >= 0.3 is 5.97 Å². The number of carbonyl (C=O) groups is 2. The van der Waals surface area contributed by atoms with Crippen molar-refractivity contribution >= 4 is 28.8 Å². The van der Waals surface area contributed by atoms with Crippen LogP contribution in [0, 0.1) is 5.82 Å². The molecule has 2 aliphatic heterocycles. The van der Waals surface area contributed by atoms with E-state index in [1.54, 1.807) is 12.1 Å². The predicted octanol–water partition coefficient (Wildman–Crippen LogP) is 3.49. The molecule has 2 aliphatic rings. The van der Waals surface area contributed by atoms with Gasteiger partial charge in [-0.15, -0.1) is 0 Å². The minimum Gasteiger partial charge on any atom is -0.466 e. The topological polar surface area (TPSA) is 71.0 Å². The second-order valence-electron chi connectivity index (χ2n) is 6.28. The number of carbonyl (C=O) groups excluding carboxylic acids is 2. The van der Waals surface area contributed by atoms with Crippen molar-refractivity contribution in [3.8, 4) is 0 Å². The van der Waals surface area contributed by atoms with Crippen LogP contribution in [-0.2, 0) is 14.3 Å². The van der Waals surface area contributed by atoms with E-state index in [2.05, 4.69) is 10.3 Å². The third-order valence-electron chi connectivity index (χ3n) is 4.53. The van der Waals surface area contributed by atoms with Crippen molar-refractivity contribution in [1.82, 2.24) is 10.2 Å². The number of esters is 1. The van der Waals surface area contributed by atoms with E-state index in [1.165, 1.54) is 31.0 Å². The largest absolute Gasteiger partial charge is 0.466 e. The van der Waals surface area contributed by atoms with Crippen LogP contribution in [0.15, 0.2) is 51.6 Å². The van der Waals surface area contributed by atoms with Gasteiger partial charge in [0.1, 0.15) is 5.82 Å². The van der Waals surface area contributed by atoms with Crippen LogP contribution in [0.2, 0.25) is 0 Å². The monoisotopic (exact) mass is 403 g/mol. The highest BCUT2D eigenvalue weighted by Gasteiger charge is 2.41. The van der Waals surface area contributed by atoms with Gasteiger partial charge in [-0.3, -0.25) is 4.79 Å². The van der Waals surface area contributed by atoms with Gasteiger partial charge in [-0.05, 0) is 36.4 Å². The average Bonchev–Trinajstić information content (AvgIpc) is 3.09. The highest BCUT2D eigenvalue weighted by atomic mass is 32.2. The molecule has 28 heavy (non-hydrogen) atoms. The zero-order valence-electron chi connectivity index (χ0n) is 16.0. The fraction of sp³-hybridized carbons (Fsp3) is 0.350. The number of benzene rings is 1. The van der Waals surface area contributed by atoms with E-state index in [9.17, 15) is 14.0 Å². The van der Waals surface area contributed by atoms with Crippen molar-refractivity contribution in [3.05, 3.63) is 58.0 Å². The van der Waals surface area contributed by atoms with Crippen LogP contribution in [0.25, 0.3) is 0 Å². The van der Waals surface area contributed by atoms with Crippen LogP contribution in [0.3, 0.4) is 0 Å². The highest BCUT2D eigenvalue weighted by molar-refractivity contribution is 8.16. The normalized spacial score (nSPS) is 18.4. The van der Waals surface area contributed by atoms with Gasteiger partial charge in [-0.1, -0.05) is 30.8 Å². The lowest BCUT2D eigenvalue weighted by atomic mass is 9.93. The van der Waals surface area contributed by atoms with E-state index in [1.807, 2.05) is 24.2 Å². The summed E-state index contributed by atoms with van der Waals surface area (Å²) in [4.78, 5) is 31.3. The Labute approximate surface area is 167 Å². The smallest absolute Gasteiger partial charge is 0.338 e. The van der Waals surface area contributed by atoms with Gasteiger partial charge in [0.2, 0.25) is 5.91 Å². The van der Waals surface area contributed by atoms with Crippen molar-refractivity contribution in [1.29, 1.82) is 0 Å². The summed E-state index contributed by atoms with van der Waals surface area (Å²) in [7, 11) is 1.33. The summed E-state index contributed by atoms with van der Waals surface area (Å²) >= 11 is 1.41. The highest BCUT2D eigenvalue weighted by Crippen LogP contribution is 2.45. The van der Waals surface area contributed by atoms with Crippen LogP contribution in [0.4, 0.5) is 4.39 Å². The Bertz CT molecular complexity index is 877. The minimum atomic E-state index is -0.536. The second-order valence-corrected chi connectivity index (χ2v) is 7.12. The Morgan fingerprint density at radius 1 is 1.29 bits per heavy atom. The third kappa shape index (κ3) is 3.82. The van der Waals surface area contributed by atoms with E-state index in [-0.39, 0.29) is 18.1 Å². The molecule has 0 fully saturated rings. The van der Waals surface area contributed by atoms with Crippen molar-refractivity contribution in [2.45, 2.75) is 32.7 Å². The summed E-state index contributed by atoms with van der Waals surface area (Å²) < 4.78 is 18.5. The number of halogens is 1. The summed E-state index contributed by atoms with van der Waals surface area (Å²) in [5.74, 6) is -0.955. The molecule has 0 unspecified atom stereocenters. The van der Waals surface area contributed by atoms with Crippen LogP contribution in [0.1, 0.15) is 38.3 Å². The maximum absolute atomic E-state index is 13.5. The molecule has 6 nitrogen and oxygen atoms in total. The molecule has 1 aromatic rings. The van der Waals surface area contributed by atoms with Crippen LogP contribution in [-0.4, -0.2) is 35.6 Å². The Hall–Kier alpha value is -2.61. The number of nitrogens with one attached hydrogen (secondary N) is 1. The van der Waals surface area contributed by atoms with E-state index >= 15 is 0 Å². The van der Waals surface area contributed by atoms with Gasteiger partial charge in [0.25, 0.3) is 0 Å². The lowest BCUT2D eigenvalue weighted by Crippen LogP contribution is -2.38. The number of aliphatic imine (C=N–C) groups is 1. The predicted molar refractivity (Wildman–Crippen MR) is 107 cm³/mol. The third-order valence-corrected chi connectivity index (χ3v) is 5.42. The summed E-state index contributed by atoms with van der Waals surface area (Å²) in [5.41, 5.74) is 2.50. The van der Waals surface area contributed by atoms with Gasteiger partial charge in [0.15, 0.2) is 5.17 Å². The number of fused-ring (bicyclic) bond motifs is 1. The average molecular weight is 403 g/mol. The van der Waals surface area contributed by atoms with Crippen LogP contribution in [0.5, 0.6) is 0 Å². The molecular formula is C20H22FN3O3S. The van der Waals surface area contributed by atoms with Crippen molar-refractivity contribution < 1.29 is 18.7 Å². The molecule has 0 aliphatic carbocycles. The number of amidine groups is 1. The molecule has 2 heterocycles. The van der Waals surface area contributed by atoms with Crippen molar-refractivity contribution in [2.75, 3.05) is 13.7 Å². The fourth-order valence-corrected chi connectivity index (χ4v) is 4.23. The lowest BCUT2D eigenvalue weighted by Gasteiger charge is -2.36. The first kappa shape index (κ1) is 20.1. The second kappa shape index (κ2) is 8.60. The standard InChI is InChI=1S/C20H22FN3O3S/c1-4-15-17(19(26)27-3)18(12-6-8-13(21)9-7-12)24-14(10-16(25)22-5-2)11-28-20(24)23-15/h6-9,11,18H,4-5,10H2,1-3H3,(H,22,25)/t18-/m0/s1. The van der Waals surface area contributed by atoms with Crippen molar-refractivity contribution in [2.24, 2.45) is 4.99 Å². The van der Waals surface area contributed by atoms with Gasteiger partial charge in [-0.25, -0.2) is 14.2 Å². The van der Waals surface area contributed by atoms with Gasteiger partial charge < -0.3 is 15.0 Å². The molecule has 0 radical (unpaired) electrons. The first-order valence-electron chi connectivity index (χ1n) is 9.07. The van der Waals surface area contributed by atoms with Gasteiger partial charge in [-0.2, -0.15) is 0 Å². The number of amides is 1. The SMILES string of the molecule is CCNC(=O)CC1=CSC2=NC(CC)=C(C(=O)OC)[C@H](c3ccc(F)cc3)N12. The van der Waals surface area contributed by atoms with Gasteiger partial charge in [0, 0.05) is 12.2 Å². The number of methoxy groups -OCH3 is 1. The van der Waals surface area contributed by atoms with Crippen LogP contribution >= 0.6 is 11.8 Å². The molecule has 1 amide bonds. The van der Waals surface area contributed by atoms with E-state index < -0.39 is 12.0 Å². The Morgan fingerprint density at radius 2 is 2.00 bits per heavy atom. The number of hydrogen-bond donors (Lipinski definition) is 1. The molecule has 8 heteroatoms. The van der Waals surface area contributed by atoms with E-state index in [0.29, 0.717) is 29.4 Å². The molecule has 0 saturated carbocycles. The Morgan fingerprint density at radius 3 is 2.61 bits per heavy atom. The molecule has 1 aromatic carbocycles. The quantitative estimate of drug-likeness (QED) is 0.737. The van der Waals surface area contributed by atoms with Crippen LogP contribution < -0.4 is 5.32 Å². The van der Waals surface area contributed by atoms with Crippen molar-refractivity contribution in [3.63, 3.8) is 0 Å². The number of thioether (sulfide) groups is 1. The molecule has 0 bridgehead atoms. The van der Waals surface area contributed by atoms with E-state index in [0.717, 1.165) is 11.3 Å². The summed E-state index contributed by atoms with van der Waals surface area (Å²) in [6.45, 7) is 4.31. The number of rotatable bonds is 6. The lowest BCUT2D eigenvalue weighted by molar-refractivity contribution is -0.136. The summed E-state index contributed by atoms with van der Waals surface area (Å²) in [6, 6.07) is 5.47. The molecule has 0 saturated heterocycles. The minimum absolute atomic E-state index is 0.113. The molecule has 1 atom stereocenters. The first-order valence-corrected chi connectivity index (χ1v) is 9.95. The zero-order chi connectivity index (χ0) is 20.3. The number of allylic oxidation sites excluding steroid dienone is 1. The Kier molecular flexibility index (Phi) is 6.18. The molecular weight excluding hydrogens is 381 g/mol. The molecule has 0 aromatic heterocycles. The fourth-order valence-electron chi connectivity index (χ4n) is 3.30. The molecule has 3 rings (SSSR count). The molecule has 1 N–H and O–H groups in total. The summed E-state index contributed by atoms with van der Waals surface area (Å²) in [6.07, 6.45) is 0.707. The van der Waals surface area contributed by atoms with E-state index in [4.69, 9.17) is 4.74 Å². The molecule has 148 valence electrons. The first-order chi connectivity index (χ1) is 13.5. The van der Waals surface area contributed by atoms with Gasteiger partial charge in [0.05, 0.1) is 30.8 Å². The number of ether oxygens (including phenoxy) is 1. The number of hydrogen-bond acceptors (Lipinski definition) is 6. The summed E-state index contributed by atoms with van der Waals surface area (Å²) in [5, 5.41) is 5.35. The number of nitrogens with zero attached hydrogens (tertiary/aromatic N) is 2. The zero-order valence-corrected chi connectivity index (χ0v) is 16.8. The maximum Gasteiger partial charge on any atom is 0.338 e. The molecule has 0 spiro atoms. The maximum atomic E-state index is 13.5.